The Hall–Kier alpha value is -1.57. The van der Waals surface area contributed by atoms with Crippen LogP contribution in [-0.2, 0) is 11.8 Å². The maximum atomic E-state index is 10.6. The van der Waals surface area contributed by atoms with Crippen LogP contribution >= 0.6 is 11.8 Å². The van der Waals surface area contributed by atoms with E-state index in [1.54, 1.807) is 7.05 Å². The minimum absolute atomic E-state index is 0.245. The van der Waals surface area contributed by atoms with Crippen LogP contribution in [-0.4, -0.2) is 30.8 Å². The van der Waals surface area contributed by atoms with Gasteiger partial charge < -0.3 is 19.8 Å². The van der Waals surface area contributed by atoms with Gasteiger partial charge in [-0.15, -0.1) is 0 Å². The number of nitro groups is 1. The Morgan fingerprint density at radius 2 is 2.40 bits per heavy atom. The van der Waals surface area contributed by atoms with Crippen LogP contribution in [0.4, 0.5) is 5.82 Å². The van der Waals surface area contributed by atoms with Crippen molar-refractivity contribution < 1.29 is 14.8 Å². The van der Waals surface area contributed by atoms with Gasteiger partial charge in [-0.3, -0.25) is 4.79 Å². The zero-order valence-corrected chi connectivity index (χ0v) is 8.89. The van der Waals surface area contributed by atoms with E-state index in [1.807, 2.05) is 0 Å². The molecule has 0 aromatic carbocycles. The van der Waals surface area contributed by atoms with Crippen LogP contribution in [0.5, 0.6) is 0 Å². The average Bonchev–Trinajstić information content (AvgIpc) is 2.48. The topological polar surface area (TPSA) is 98.3 Å². The molecule has 0 amide bonds. The Morgan fingerprint density at radius 3 is 2.87 bits per heavy atom. The molecule has 0 saturated heterocycles. The maximum Gasteiger partial charge on any atom is 0.395 e. The molecule has 15 heavy (non-hydrogen) atoms. The monoisotopic (exact) mass is 231 g/mol. The molecule has 0 bridgehead atoms. The van der Waals surface area contributed by atoms with Crippen LogP contribution in [0.25, 0.3) is 0 Å². The van der Waals surface area contributed by atoms with E-state index in [-0.39, 0.29) is 10.8 Å². The average molecular weight is 231 g/mol. The summed E-state index contributed by atoms with van der Waals surface area (Å²) in [5.41, 5.74) is 0. The van der Waals surface area contributed by atoms with Crippen LogP contribution in [0.2, 0.25) is 0 Å². The first-order chi connectivity index (χ1) is 6.93. The molecule has 7 nitrogen and oxygen atoms in total. The summed E-state index contributed by atoms with van der Waals surface area (Å²) in [4.78, 5) is 24.1. The molecule has 1 aromatic rings. The van der Waals surface area contributed by atoms with E-state index in [0.29, 0.717) is 0 Å². The fraction of sp³-hybridized carbons (Fsp3) is 0.429. The summed E-state index contributed by atoms with van der Waals surface area (Å²) in [6.45, 7) is 1.46. The van der Waals surface area contributed by atoms with E-state index in [0.717, 1.165) is 11.8 Å². The third-order valence-corrected chi connectivity index (χ3v) is 2.92. The van der Waals surface area contributed by atoms with Gasteiger partial charge in [0.25, 0.3) is 0 Å². The van der Waals surface area contributed by atoms with E-state index in [2.05, 4.69) is 4.98 Å². The lowest BCUT2D eigenvalue weighted by atomic mass is 10.5. The van der Waals surface area contributed by atoms with Gasteiger partial charge >= 0.3 is 11.8 Å². The van der Waals surface area contributed by atoms with Crippen molar-refractivity contribution in [1.82, 2.24) is 9.55 Å². The number of hydrogen-bond donors (Lipinski definition) is 1. The van der Waals surface area contributed by atoms with Crippen LogP contribution in [0.1, 0.15) is 6.92 Å². The molecular weight excluding hydrogens is 222 g/mol. The lowest BCUT2D eigenvalue weighted by Crippen LogP contribution is -2.12. The number of rotatable bonds is 4. The molecule has 0 spiro atoms. The van der Waals surface area contributed by atoms with Crippen molar-refractivity contribution in [1.29, 1.82) is 0 Å². The molecule has 1 heterocycles. The molecule has 0 aliphatic carbocycles. The van der Waals surface area contributed by atoms with Crippen LogP contribution < -0.4 is 0 Å². The van der Waals surface area contributed by atoms with Crippen molar-refractivity contribution in [2.75, 3.05) is 0 Å². The predicted molar refractivity (Wildman–Crippen MR) is 52.8 cm³/mol. The molecule has 1 unspecified atom stereocenters. The molecule has 1 N–H and O–H groups in total. The second-order valence-electron chi connectivity index (χ2n) is 2.84. The Balaban J connectivity index is 2.97. The van der Waals surface area contributed by atoms with Gasteiger partial charge in [0.15, 0.2) is 5.03 Å². The minimum Gasteiger partial charge on any atom is -0.480 e. The number of imidazole rings is 1. The third kappa shape index (κ3) is 2.46. The summed E-state index contributed by atoms with van der Waals surface area (Å²) in [6.07, 6.45) is 1.29. The Bertz CT molecular complexity index is 403. The number of nitrogens with zero attached hydrogens (tertiary/aromatic N) is 3. The van der Waals surface area contributed by atoms with Crippen LogP contribution in [0.15, 0.2) is 11.4 Å². The summed E-state index contributed by atoms with van der Waals surface area (Å²) in [6, 6.07) is 0. The Morgan fingerprint density at radius 1 is 1.80 bits per heavy atom. The second-order valence-corrected chi connectivity index (χ2v) is 4.17. The molecule has 0 aliphatic rings. The molecular formula is C7H9N3O4S. The molecule has 82 valence electrons. The number of carboxylic acids is 1. The Kier molecular flexibility index (Phi) is 3.30. The lowest BCUT2D eigenvalue weighted by Gasteiger charge is -2.05. The third-order valence-electron chi connectivity index (χ3n) is 1.67. The highest BCUT2D eigenvalue weighted by molar-refractivity contribution is 8.00. The first-order valence-electron chi connectivity index (χ1n) is 3.98. The fourth-order valence-electron chi connectivity index (χ4n) is 0.886. The zero-order valence-electron chi connectivity index (χ0n) is 8.08. The quantitative estimate of drug-likeness (QED) is 0.469. The summed E-state index contributed by atoms with van der Waals surface area (Å²) in [7, 11) is 1.58. The molecule has 1 atom stereocenters. The van der Waals surface area contributed by atoms with E-state index in [9.17, 15) is 14.9 Å². The first-order valence-corrected chi connectivity index (χ1v) is 4.86. The van der Waals surface area contributed by atoms with Crippen LogP contribution in [0, 0.1) is 10.1 Å². The van der Waals surface area contributed by atoms with Gasteiger partial charge in [-0.2, -0.15) is 0 Å². The number of thioether (sulfide) groups is 1. The molecule has 0 fully saturated rings. The van der Waals surface area contributed by atoms with Gasteiger partial charge in [0.2, 0.25) is 6.33 Å². The van der Waals surface area contributed by atoms with Gasteiger partial charge in [0.1, 0.15) is 5.25 Å². The standard InChI is InChI=1S/C7H9N3O4S/c1-4(7(11)12)15-6-5(10(13)14)8-3-9(6)2/h3-4H,1-2H3,(H,11,12). The van der Waals surface area contributed by atoms with Crippen molar-refractivity contribution in [3.05, 3.63) is 16.4 Å². The predicted octanol–water partition coefficient (Wildman–Crippen LogP) is 0.893. The molecule has 0 aliphatic heterocycles. The fourth-order valence-corrected chi connectivity index (χ4v) is 1.77. The van der Waals surface area contributed by atoms with E-state index in [1.165, 1.54) is 17.8 Å². The molecule has 0 saturated carbocycles. The zero-order chi connectivity index (χ0) is 11.6. The van der Waals surface area contributed by atoms with Crippen molar-refractivity contribution in [2.24, 2.45) is 7.05 Å². The number of carboxylic acid groups (broad SMARTS) is 1. The molecule has 1 rings (SSSR count). The number of aromatic nitrogens is 2. The SMILES string of the molecule is CC(Sc1c([N+](=O)[O-])ncn1C)C(=O)O. The summed E-state index contributed by atoms with van der Waals surface area (Å²) < 4.78 is 1.43. The summed E-state index contributed by atoms with van der Waals surface area (Å²) in [5, 5.41) is 18.7. The van der Waals surface area contributed by atoms with E-state index < -0.39 is 16.1 Å². The first kappa shape index (κ1) is 11.5. The normalized spacial score (nSPS) is 12.4. The highest BCUT2D eigenvalue weighted by atomic mass is 32.2. The van der Waals surface area contributed by atoms with E-state index in [4.69, 9.17) is 5.11 Å². The summed E-state index contributed by atoms with van der Waals surface area (Å²) in [5.74, 6) is -1.33. The van der Waals surface area contributed by atoms with Crippen molar-refractivity contribution in [3.63, 3.8) is 0 Å². The highest BCUT2D eigenvalue weighted by Crippen LogP contribution is 2.30. The van der Waals surface area contributed by atoms with Gasteiger partial charge in [0, 0.05) is 7.05 Å². The van der Waals surface area contributed by atoms with Crippen molar-refractivity contribution >= 4 is 23.5 Å². The maximum absolute atomic E-state index is 10.6. The Labute approximate surface area is 89.3 Å². The smallest absolute Gasteiger partial charge is 0.395 e. The van der Waals surface area contributed by atoms with Gasteiger partial charge in [-0.05, 0) is 16.8 Å². The molecule has 1 aromatic heterocycles. The number of hydrogen-bond acceptors (Lipinski definition) is 5. The second kappa shape index (κ2) is 4.30. The highest BCUT2D eigenvalue weighted by Gasteiger charge is 2.24. The van der Waals surface area contributed by atoms with Crippen molar-refractivity contribution in [3.8, 4) is 0 Å². The van der Waals surface area contributed by atoms with Gasteiger partial charge in [0.05, 0.1) is 0 Å². The minimum atomic E-state index is -1.02. The number of carbonyl (C=O) groups is 1. The number of aryl methyl sites for hydroxylation is 1. The van der Waals surface area contributed by atoms with Gasteiger partial charge in [-0.1, -0.05) is 11.8 Å². The largest absolute Gasteiger partial charge is 0.480 e. The van der Waals surface area contributed by atoms with E-state index >= 15 is 0 Å². The van der Waals surface area contributed by atoms with Crippen LogP contribution in [0.3, 0.4) is 0 Å². The van der Waals surface area contributed by atoms with Crippen molar-refractivity contribution in [2.45, 2.75) is 17.2 Å². The number of aliphatic carboxylic acids is 1. The summed E-state index contributed by atoms with van der Waals surface area (Å²) >= 11 is 0.899. The molecule has 8 heteroatoms. The lowest BCUT2D eigenvalue weighted by molar-refractivity contribution is -0.392. The molecule has 0 radical (unpaired) electrons. The van der Waals surface area contributed by atoms with Gasteiger partial charge in [-0.25, -0.2) is 0 Å².